The van der Waals surface area contributed by atoms with E-state index < -0.39 is 0 Å². The summed E-state index contributed by atoms with van der Waals surface area (Å²) in [5, 5.41) is 7.05. The fraction of sp³-hybridized carbons (Fsp3) is 0.0588. The summed E-state index contributed by atoms with van der Waals surface area (Å²) in [6.07, 6.45) is 1.80. The van der Waals surface area contributed by atoms with Gasteiger partial charge in [0.05, 0.1) is 11.9 Å². The van der Waals surface area contributed by atoms with Crippen molar-refractivity contribution in [3.05, 3.63) is 71.1 Å². The highest BCUT2D eigenvalue weighted by molar-refractivity contribution is 7.14. The number of aromatic nitrogens is 1. The van der Waals surface area contributed by atoms with E-state index in [4.69, 9.17) is 0 Å². The second-order valence-electron chi connectivity index (χ2n) is 4.69. The van der Waals surface area contributed by atoms with Crippen LogP contribution in [-0.4, -0.2) is 11.2 Å². The molecule has 1 aromatic heterocycles. The van der Waals surface area contributed by atoms with Crippen molar-refractivity contribution in [2.45, 2.75) is 6.92 Å². The van der Waals surface area contributed by atoms with Crippen LogP contribution in [0.5, 0.6) is 0 Å². The maximum atomic E-state index is 4.52. The Morgan fingerprint density at radius 1 is 1.10 bits per heavy atom. The van der Waals surface area contributed by atoms with E-state index >= 15 is 0 Å². The summed E-state index contributed by atoms with van der Waals surface area (Å²) >= 11 is 1.55. The maximum Gasteiger partial charge on any atom is 0.203 e. The Bertz CT molecular complexity index is 747. The van der Waals surface area contributed by atoms with Crippen LogP contribution in [0.15, 0.2) is 65.1 Å². The number of aryl methyl sites for hydroxylation is 1. The minimum atomic E-state index is 0.790. The second kappa shape index (κ2) is 6.33. The molecule has 0 bridgehead atoms. The van der Waals surface area contributed by atoms with E-state index in [1.807, 2.05) is 35.7 Å². The third kappa shape index (κ3) is 3.55. The molecule has 0 saturated carbocycles. The van der Waals surface area contributed by atoms with Crippen LogP contribution < -0.4 is 5.43 Å². The van der Waals surface area contributed by atoms with Crippen molar-refractivity contribution in [3.63, 3.8) is 0 Å². The highest BCUT2D eigenvalue weighted by atomic mass is 32.1. The lowest BCUT2D eigenvalue weighted by atomic mass is 10.2. The molecule has 0 spiro atoms. The van der Waals surface area contributed by atoms with Gasteiger partial charge in [0.2, 0.25) is 5.13 Å². The predicted octanol–water partition coefficient (Wildman–Crippen LogP) is 4.56. The maximum absolute atomic E-state index is 4.52. The third-order valence-electron chi connectivity index (χ3n) is 2.99. The summed E-state index contributed by atoms with van der Waals surface area (Å²) in [5.74, 6) is 0. The van der Waals surface area contributed by atoms with Crippen LogP contribution in [0.1, 0.15) is 11.1 Å². The molecular formula is C17H15N3S. The van der Waals surface area contributed by atoms with E-state index in [-0.39, 0.29) is 0 Å². The third-order valence-corrected chi connectivity index (χ3v) is 3.74. The van der Waals surface area contributed by atoms with E-state index in [1.54, 1.807) is 17.6 Å². The molecule has 3 aromatic rings. The van der Waals surface area contributed by atoms with Crippen LogP contribution in [0, 0.1) is 6.92 Å². The zero-order valence-electron chi connectivity index (χ0n) is 11.7. The van der Waals surface area contributed by atoms with Crippen molar-refractivity contribution in [3.8, 4) is 11.3 Å². The van der Waals surface area contributed by atoms with Gasteiger partial charge in [0.1, 0.15) is 0 Å². The van der Waals surface area contributed by atoms with Crippen LogP contribution in [0.25, 0.3) is 11.3 Å². The first-order valence-electron chi connectivity index (χ1n) is 6.68. The van der Waals surface area contributed by atoms with Crippen LogP contribution in [0.4, 0.5) is 5.13 Å². The Morgan fingerprint density at radius 3 is 2.76 bits per heavy atom. The average Bonchev–Trinajstić information content (AvgIpc) is 2.97. The molecule has 21 heavy (non-hydrogen) atoms. The molecule has 1 N–H and O–H groups in total. The monoisotopic (exact) mass is 293 g/mol. The van der Waals surface area contributed by atoms with Gasteiger partial charge in [0.25, 0.3) is 0 Å². The smallest absolute Gasteiger partial charge is 0.203 e. The van der Waals surface area contributed by atoms with Gasteiger partial charge in [-0.25, -0.2) is 4.98 Å². The standard InChI is InChI=1S/C17H15N3S/c1-13-6-5-7-14(10-13)11-18-20-17-19-16(12-21-17)15-8-3-2-4-9-15/h2-12H,1H3,(H,19,20)/b18-11-. The van der Waals surface area contributed by atoms with E-state index in [0.29, 0.717) is 0 Å². The Labute approximate surface area is 128 Å². The van der Waals surface area contributed by atoms with Crippen LogP contribution in [-0.2, 0) is 0 Å². The number of hydrogen-bond acceptors (Lipinski definition) is 4. The Morgan fingerprint density at radius 2 is 1.95 bits per heavy atom. The van der Waals surface area contributed by atoms with E-state index in [2.05, 4.69) is 46.7 Å². The molecule has 0 aliphatic rings. The van der Waals surface area contributed by atoms with Gasteiger partial charge in [0.15, 0.2) is 0 Å². The fourth-order valence-corrected chi connectivity index (χ4v) is 2.65. The van der Waals surface area contributed by atoms with E-state index in [0.717, 1.165) is 22.0 Å². The Balaban J connectivity index is 1.68. The summed E-state index contributed by atoms with van der Waals surface area (Å²) in [5.41, 5.74) is 7.35. The van der Waals surface area contributed by atoms with Crippen LogP contribution in [0.3, 0.4) is 0 Å². The minimum Gasteiger partial charge on any atom is -0.253 e. The first-order valence-corrected chi connectivity index (χ1v) is 7.56. The molecule has 0 aliphatic heterocycles. The van der Waals surface area contributed by atoms with Gasteiger partial charge in [0, 0.05) is 10.9 Å². The molecule has 0 atom stereocenters. The molecule has 2 aromatic carbocycles. The number of thiazole rings is 1. The fourth-order valence-electron chi connectivity index (χ4n) is 1.98. The van der Waals surface area contributed by atoms with Gasteiger partial charge in [-0.05, 0) is 12.5 Å². The normalized spacial score (nSPS) is 10.9. The zero-order valence-corrected chi connectivity index (χ0v) is 12.5. The summed E-state index contributed by atoms with van der Waals surface area (Å²) in [6, 6.07) is 18.3. The zero-order chi connectivity index (χ0) is 14.5. The van der Waals surface area contributed by atoms with E-state index in [1.165, 1.54) is 5.56 Å². The van der Waals surface area contributed by atoms with Crippen LogP contribution >= 0.6 is 11.3 Å². The average molecular weight is 293 g/mol. The lowest BCUT2D eigenvalue weighted by Gasteiger charge is -1.96. The van der Waals surface area contributed by atoms with Gasteiger partial charge in [-0.3, -0.25) is 5.43 Å². The van der Waals surface area contributed by atoms with Gasteiger partial charge in [-0.2, -0.15) is 5.10 Å². The molecule has 0 radical (unpaired) electrons. The summed E-state index contributed by atoms with van der Waals surface area (Å²) in [6.45, 7) is 2.07. The number of hydrazone groups is 1. The molecule has 104 valence electrons. The predicted molar refractivity (Wildman–Crippen MR) is 89.9 cm³/mol. The van der Waals surface area contributed by atoms with Crippen molar-refractivity contribution >= 4 is 22.7 Å². The first kappa shape index (κ1) is 13.5. The molecule has 4 heteroatoms. The molecule has 3 rings (SSSR count). The summed E-state index contributed by atoms with van der Waals surface area (Å²) < 4.78 is 0. The Kier molecular flexibility index (Phi) is 4.07. The van der Waals surface area contributed by atoms with Crippen molar-refractivity contribution in [2.75, 3.05) is 5.43 Å². The number of benzene rings is 2. The topological polar surface area (TPSA) is 37.3 Å². The van der Waals surface area contributed by atoms with E-state index in [9.17, 15) is 0 Å². The van der Waals surface area contributed by atoms with Crippen molar-refractivity contribution in [2.24, 2.45) is 5.10 Å². The second-order valence-corrected chi connectivity index (χ2v) is 5.55. The van der Waals surface area contributed by atoms with Crippen molar-refractivity contribution in [1.29, 1.82) is 0 Å². The molecule has 0 unspecified atom stereocenters. The Hall–Kier alpha value is -2.46. The van der Waals surface area contributed by atoms with Crippen LogP contribution in [0.2, 0.25) is 0 Å². The molecule has 0 amide bonds. The van der Waals surface area contributed by atoms with Gasteiger partial charge in [-0.1, -0.05) is 60.2 Å². The molecule has 0 fully saturated rings. The number of nitrogens with zero attached hydrogens (tertiary/aromatic N) is 2. The van der Waals surface area contributed by atoms with Crippen molar-refractivity contribution < 1.29 is 0 Å². The number of rotatable bonds is 4. The molecule has 0 saturated heterocycles. The quantitative estimate of drug-likeness (QED) is 0.565. The SMILES string of the molecule is Cc1cccc(/C=N\Nc2nc(-c3ccccc3)cs2)c1. The van der Waals surface area contributed by atoms with Crippen molar-refractivity contribution in [1.82, 2.24) is 4.98 Å². The first-order chi connectivity index (χ1) is 10.3. The highest BCUT2D eigenvalue weighted by Crippen LogP contribution is 2.24. The largest absolute Gasteiger partial charge is 0.253 e. The molecular weight excluding hydrogens is 278 g/mol. The number of hydrogen-bond donors (Lipinski definition) is 1. The molecule has 0 aliphatic carbocycles. The summed E-state index contributed by atoms with van der Waals surface area (Å²) in [7, 11) is 0. The molecule has 3 nitrogen and oxygen atoms in total. The lowest BCUT2D eigenvalue weighted by Crippen LogP contribution is -1.90. The number of anilines is 1. The molecule has 1 heterocycles. The van der Waals surface area contributed by atoms with Gasteiger partial charge in [-0.15, -0.1) is 11.3 Å². The van der Waals surface area contributed by atoms with Gasteiger partial charge < -0.3 is 0 Å². The lowest BCUT2D eigenvalue weighted by molar-refractivity contribution is 1.29. The van der Waals surface area contributed by atoms with Gasteiger partial charge >= 0.3 is 0 Å². The minimum absolute atomic E-state index is 0.790. The number of nitrogens with one attached hydrogen (secondary N) is 1. The summed E-state index contributed by atoms with van der Waals surface area (Å²) in [4.78, 5) is 4.52. The highest BCUT2D eigenvalue weighted by Gasteiger charge is 2.02.